The van der Waals surface area contributed by atoms with Gasteiger partial charge in [0.2, 0.25) is 5.88 Å². The molecule has 0 aliphatic carbocycles. The van der Waals surface area contributed by atoms with Crippen molar-refractivity contribution in [1.82, 2.24) is 14.5 Å². The number of nitriles is 1. The molecular formula is C15H10N4O. The van der Waals surface area contributed by atoms with E-state index in [4.69, 9.17) is 10.00 Å². The molecule has 96 valence electrons. The van der Waals surface area contributed by atoms with Gasteiger partial charge in [-0.25, -0.2) is 9.97 Å². The molecule has 0 amide bonds. The Morgan fingerprint density at radius 3 is 2.85 bits per heavy atom. The van der Waals surface area contributed by atoms with Crippen molar-refractivity contribution in [3.05, 3.63) is 66.9 Å². The Balaban J connectivity index is 1.88. The van der Waals surface area contributed by atoms with Crippen molar-refractivity contribution in [2.75, 3.05) is 0 Å². The summed E-state index contributed by atoms with van der Waals surface area (Å²) in [6.45, 7) is 0. The summed E-state index contributed by atoms with van der Waals surface area (Å²) < 4.78 is 7.54. The van der Waals surface area contributed by atoms with Crippen molar-refractivity contribution in [3.63, 3.8) is 0 Å². The van der Waals surface area contributed by atoms with Crippen LogP contribution in [0.25, 0.3) is 5.69 Å². The number of benzene rings is 1. The monoisotopic (exact) mass is 262 g/mol. The number of imidazole rings is 1. The zero-order valence-corrected chi connectivity index (χ0v) is 10.5. The van der Waals surface area contributed by atoms with Gasteiger partial charge in [-0.3, -0.25) is 0 Å². The minimum atomic E-state index is 0.327. The van der Waals surface area contributed by atoms with E-state index in [2.05, 4.69) is 9.97 Å². The van der Waals surface area contributed by atoms with E-state index in [-0.39, 0.29) is 0 Å². The number of ether oxygens (including phenoxy) is 1. The highest BCUT2D eigenvalue weighted by Gasteiger charge is 2.02. The minimum absolute atomic E-state index is 0.327. The quantitative estimate of drug-likeness (QED) is 0.728. The van der Waals surface area contributed by atoms with Crippen LogP contribution in [0.3, 0.4) is 0 Å². The van der Waals surface area contributed by atoms with Gasteiger partial charge in [0.1, 0.15) is 17.5 Å². The lowest BCUT2D eigenvalue weighted by Crippen LogP contribution is -1.93. The summed E-state index contributed by atoms with van der Waals surface area (Å²) in [6, 6.07) is 14.6. The summed E-state index contributed by atoms with van der Waals surface area (Å²) in [7, 11) is 0. The van der Waals surface area contributed by atoms with Gasteiger partial charge in [0.25, 0.3) is 0 Å². The summed E-state index contributed by atoms with van der Waals surface area (Å²) >= 11 is 0. The van der Waals surface area contributed by atoms with E-state index in [1.807, 2.05) is 41.1 Å². The molecule has 5 nitrogen and oxygen atoms in total. The standard InChI is InChI=1S/C15H10N4O/c16-10-12-3-1-6-15(18-12)20-14-5-2-4-13(9-14)19-8-7-17-11-19/h1-9,11H. The molecule has 0 unspecified atom stereocenters. The zero-order chi connectivity index (χ0) is 13.8. The fourth-order valence-corrected chi connectivity index (χ4v) is 1.77. The van der Waals surface area contributed by atoms with Crippen LogP contribution in [-0.2, 0) is 0 Å². The van der Waals surface area contributed by atoms with Gasteiger partial charge < -0.3 is 9.30 Å². The molecule has 0 bridgehead atoms. The first-order valence-corrected chi connectivity index (χ1v) is 5.98. The van der Waals surface area contributed by atoms with Crippen molar-refractivity contribution in [2.24, 2.45) is 0 Å². The van der Waals surface area contributed by atoms with Gasteiger partial charge in [0, 0.05) is 24.5 Å². The van der Waals surface area contributed by atoms with Crippen molar-refractivity contribution in [3.8, 4) is 23.4 Å². The highest BCUT2D eigenvalue weighted by atomic mass is 16.5. The summed E-state index contributed by atoms with van der Waals surface area (Å²) in [4.78, 5) is 8.09. The lowest BCUT2D eigenvalue weighted by atomic mass is 10.3. The maximum absolute atomic E-state index is 8.82. The first-order chi connectivity index (χ1) is 9.85. The van der Waals surface area contributed by atoms with Crippen molar-refractivity contribution in [2.45, 2.75) is 0 Å². The predicted octanol–water partition coefficient (Wildman–Crippen LogP) is 2.93. The molecule has 0 aliphatic rings. The first-order valence-electron chi connectivity index (χ1n) is 5.98. The zero-order valence-electron chi connectivity index (χ0n) is 10.5. The van der Waals surface area contributed by atoms with Crippen LogP contribution >= 0.6 is 0 Å². The second kappa shape index (κ2) is 5.24. The van der Waals surface area contributed by atoms with Crippen LogP contribution in [0.15, 0.2) is 61.2 Å². The maximum atomic E-state index is 8.82. The van der Waals surface area contributed by atoms with E-state index in [9.17, 15) is 0 Å². The molecule has 0 saturated heterocycles. The lowest BCUT2D eigenvalue weighted by Gasteiger charge is -2.07. The highest BCUT2D eigenvalue weighted by molar-refractivity contribution is 5.40. The molecule has 0 radical (unpaired) electrons. The Morgan fingerprint density at radius 1 is 1.15 bits per heavy atom. The second-order valence-corrected chi connectivity index (χ2v) is 4.04. The number of rotatable bonds is 3. The van der Waals surface area contributed by atoms with Crippen LogP contribution in [-0.4, -0.2) is 14.5 Å². The van der Waals surface area contributed by atoms with Gasteiger partial charge in [0.05, 0.1) is 12.0 Å². The molecule has 3 aromatic rings. The Hall–Kier alpha value is -3.13. The van der Waals surface area contributed by atoms with Crippen LogP contribution in [0.1, 0.15) is 5.69 Å². The number of aromatic nitrogens is 3. The molecule has 0 saturated carbocycles. The smallest absolute Gasteiger partial charge is 0.220 e. The van der Waals surface area contributed by atoms with Crippen molar-refractivity contribution in [1.29, 1.82) is 5.26 Å². The second-order valence-electron chi connectivity index (χ2n) is 4.04. The van der Waals surface area contributed by atoms with E-state index in [0.29, 0.717) is 17.3 Å². The van der Waals surface area contributed by atoms with Gasteiger partial charge in [-0.05, 0) is 18.2 Å². The molecule has 20 heavy (non-hydrogen) atoms. The number of hydrogen-bond donors (Lipinski definition) is 0. The molecule has 0 atom stereocenters. The van der Waals surface area contributed by atoms with Crippen molar-refractivity contribution < 1.29 is 4.74 Å². The van der Waals surface area contributed by atoms with Gasteiger partial charge in [-0.15, -0.1) is 0 Å². The minimum Gasteiger partial charge on any atom is -0.439 e. The largest absolute Gasteiger partial charge is 0.439 e. The fourth-order valence-electron chi connectivity index (χ4n) is 1.77. The number of hydrogen-bond acceptors (Lipinski definition) is 4. The summed E-state index contributed by atoms with van der Waals surface area (Å²) in [5.41, 5.74) is 1.27. The Kier molecular flexibility index (Phi) is 3.13. The van der Waals surface area contributed by atoms with E-state index >= 15 is 0 Å². The highest BCUT2D eigenvalue weighted by Crippen LogP contribution is 2.22. The van der Waals surface area contributed by atoms with Crippen LogP contribution in [0.2, 0.25) is 0 Å². The third kappa shape index (κ3) is 2.49. The number of pyridine rings is 1. The third-order valence-electron chi connectivity index (χ3n) is 2.68. The molecule has 2 heterocycles. The Labute approximate surface area is 115 Å². The topological polar surface area (TPSA) is 63.7 Å². The van der Waals surface area contributed by atoms with Crippen molar-refractivity contribution >= 4 is 0 Å². The molecular weight excluding hydrogens is 252 g/mol. The average molecular weight is 262 g/mol. The third-order valence-corrected chi connectivity index (χ3v) is 2.68. The van der Waals surface area contributed by atoms with E-state index in [1.165, 1.54) is 0 Å². The molecule has 1 aromatic carbocycles. The Bertz CT molecular complexity index is 760. The summed E-state index contributed by atoms with van der Waals surface area (Å²) in [5, 5.41) is 8.82. The van der Waals surface area contributed by atoms with Crippen LogP contribution in [0, 0.1) is 11.3 Å². The van der Waals surface area contributed by atoms with Crippen LogP contribution in [0.4, 0.5) is 0 Å². The molecule has 0 fully saturated rings. The SMILES string of the molecule is N#Cc1cccc(Oc2cccc(-n3ccnc3)c2)n1. The van der Waals surface area contributed by atoms with Gasteiger partial charge in [0.15, 0.2) is 0 Å². The normalized spacial score (nSPS) is 9.95. The molecule has 3 rings (SSSR count). The maximum Gasteiger partial charge on any atom is 0.220 e. The van der Waals surface area contributed by atoms with Crippen LogP contribution in [0.5, 0.6) is 11.6 Å². The summed E-state index contributed by atoms with van der Waals surface area (Å²) in [5.74, 6) is 1.05. The Morgan fingerprint density at radius 2 is 2.05 bits per heavy atom. The molecule has 5 heteroatoms. The predicted molar refractivity (Wildman–Crippen MR) is 72.6 cm³/mol. The van der Waals surface area contributed by atoms with Gasteiger partial charge in [-0.1, -0.05) is 12.1 Å². The van der Waals surface area contributed by atoms with Gasteiger partial charge in [-0.2, -0.15) is 5.26 Å². The number of nitrogens with zero attached hydrogens (tertiary/aromatic N) is 4. The molecule has 0 aliphatic heterocycles. The van der Waals surface area contributed by atoms with E-state index in [0.717, 1.165) is 5.69 Å². The van der Waals surface area contributed by atoms with E-state index < -0.39 is 0 Å². The lowest BCUT2D eigenvalue weighted by molar-refractivity contribution is 0.462. The summed E-state index contributed by atoms with van der Waals surface area (Å²) in [6.07, 6.45) is 5.28. The first kappa shape index (κ1) is 11.9. The van der Waals surface area contributed by atoms with E-state index in [1.54, 1.807) is 30.7 Å². The molecule has 0 spiro atoms. The van der Waals surface area contributed by atoms with Crippen LogP contribution < -0.4 is 4.74 Å². The molecule has 0 N–H and O–H groups in total. The molecule has 2 aromatic heterocycles. The van der Waals surface area contributed by atoms with Gasteiger partial charge >= 0.3 is 0 Å². The fraction of sp³-hybridized carbons (Fsp3) is 0. The average Bonchev–Trinajstić information content (AvgIpc) is 3.02.